The van der Waals surface area contributed by atoms with Crippen LogP contribution in [0.1, 0.15) is 18.1 Å². The van der Waals surface area contributed by atoms with E-state index in [1.54, 1.807) is 32.0 Å². The monoisotopic (exact) mass is 296 g/mol. The summed E-state index contributed by atoms with van der Waals surface area (Å²) in [6, 6.07) is 5.06. The Morgan fingerprint density at radius 2 is 2.15 bits per heavy atom. The zero-order valence-electron chi connectivity index (χ0n) is 11.9. The highest BCUT2D eigenvalue weighted by Gasteiger charge is 2.17. The predicted molar refractivity (Wildman–Crippen MR) is 78.8 cm³/mol. The number of benzene rings is 1. The molecule has 1 aromatic rings. The van der Waals surface area contributed by atoms with Gasteiger partial charge in [0.15, 0.2) is 0 Å². The van der Waals surface area contributed by atoms with Gasteiger partial charge in [0.05, 0.1) is 17.5 Å². The second-order valence-corrected chi connectivity index (χ2v) is 6.12. The van der Waals surface area contributed by atoms with Crippen molar-refractivity contribution in [1.82, 2.24) is 4.72 Å². The van der Waals surface area contributed by atoms with E-state index in [9.17, 15) is 8.42 Å². The first-order valence-electron chi connectivity index (χ1n) is 6.22. The van der Waals surface area contributed by atoms with E-state index in [0.717, 1.165) is 0 Å². The van der Waals surface area contributed by atoms with Gasteiger partial charge in [-0.25, -0.2) is 13.1 Å². The van der Waals surface area contributed by atoms with Gasteiger partial charge in [0, 0.05) is 19.2 Å². The summed E-state index contributed by atoms with van der Waals surface area (Å²) < 4.78 is 32.1. The molecule has 1 unspecified atom stereocenters. The molecule has 1 aromatic carbocycles. The molecule has 0 aliphatic heterocycles. The minimum Gasteiger partial charge on any atom is -0.380 e. The summed E-state index contributed by atoms with van der Waals surface area (Å²) in [5, 5.41) is 0. The number of nitrogens with one attached hydrogen (secondary N) is 1. The van der Waals surface area contributed by atoms with Crippen molar-refractivity contribution in [1.29, 1.82) is 0 Å². The molecule has 0 amide bonds. The summed E-state index contributed by atoms with van der Waals surface area (Å²) in [7, 11) is -2.04. The van der Waals surface area contributed by atoms with Gasteiger partial charge >= 0.3 is 0 Å². The van der Waals surface area contributed by atoms with Gasteiger partial charge in [-0.15, -0.1) is 0 Å². The van der Waals surface area contributed by atoms with Crippen molar-refractivity contribution in [3.63, 3.8) is 0 Å². The SMILES string of the molecule is COC(C)CNS(=O)(=O)c1cc(C#CCN)ccc1C. The van der Waals surface area contributed by atoms with Crippen LogP contribution in [0.15, 0.2) is 23.1 Å². The van der Waals surface area contributed by atoms with Gasteiger partial charge in [-0.05, 0) is 31.5 Å². The van der Waals surface area contributed by atoms with Gasteiger partial charge < -0.3 is 10.5 Å². The van der Waals surface area contributed by atoms with Gasteiger partial charge in [-0.3, -0.25) is 0 Å². The molecule has 0 spiro atoms. The minimum atomic E-state index is -3.57. The molecule has 0 bridgehead atoms. The first-order valence-corrected chi connectivity index (χ1v) is 7.71. The minimum absolute atomic E-state index is 0.190. The highest BCUT2D eigenvalue weighted by Crippen LogP contribution is 2.16. The summed E-state index contributed by atoms with van der Waals surface area (Å²) in [6.07, 6.45) is -0.190. The van der Waals surface area contributed by atoms with E-state index in [4.69, 9.17) is 10.5 Å². The van der Waals surface area contributed by atoms with Crippen LogP contribution in [0.25, 0.3) is 0 Å². The number of ether oxygens (including phenoxy) is 1. The maximum Gasteiger partial charge on any atom is 0.240 e. The molecule has 3 N–H and O–H groups in total. The molecule has 0 aliphatic carbocycles. The van der Waals surface area contributed by atoms with E-state index in [1.807, 2.05) is 0 Å². The molecule has 1 rings (SSSR count). The average molecular weight is 296 g/mol. The molecule has 5 nitrogen and oxygen atoms in total. The number of rotatable bonds is 5. The van der Waals surface area contributed by atoms with Crippen molar-refractivity contribution in [2.24, 2.45) is 5.73 Å². The van der Waals surface area contributed by atoms with E-state index in [1.165, 1.54) is 7.11 Å². The van der Waals surface area contributed by atoms with Gasteiger partial charge in [0.2, 0.25) is 10.0 Å². The number of methoxy groups -OCH3 is 1. The highest BCUT2D eigenvalue weighted by atomic mass is 32.2. The smallest absolute Gasteiger partial charge is 0.240 e. The second-order valence-electron chi connectivity index (χ2n) is 4.38. The van der Waals surface area contributed by atoms with Crippen molar-refractivity contribution in [3.05, 3.63) is 29.3 Å². The number of sulfonamides is 1. The Bertz CT molecular complexity index is 615. The van der Waals surface area contributed by atoms with Crippen LogP contribution in [0.3, 0.4) is 0 Å². The molecule has 0 aliphatic rings. The zero-order valence-corrected chi connectivity index (χ0v) is 12.8. The largest absolute Gasteiger partial charge is 0.380 e. The standard InChI is InChI=1S/C14H20N2O3S/c1-11-6-7-13(5-4-8-15)9-14(11)20(17,18)16-10-12(2)19-3/h6-7,9,12,16H,8,10,15H2,1-3H3. The topological polar surface area (TPSA) is 81.4 Å². The molecule has 0 fully saturated rings. The molecular weight excluding hydrogens is 276 g/mol. The zero-order chi connectivity index (χ0) is 15.2. The second kappa shape index (κ2) is 7.41. The molecule has 0 heterocycles. The molecule has 0 aromatic heterocycles. The number of nitrogens with two attached hydrogens (primary N) is 1. The average Bonchev–Trinajstić information content (AvgIpc) is 2.43. The Balaban J connectivity index is 3.04. The summed E-state index contributed by atoms with van der Waals surface area (Å²) in [6.45, 7) is 3.99. The van der Waals surface area contributed by atoms with Gasteiger partial charge in [0.1, 0.15) is 0 Å². The van der Waals surface area contributed by atoms with Crippen LogP contribution in [0.2, 0.25) is 0 Å². The molecule has 0 saturated carbocycles. The van der Waals surface area contributed by atoms with Crippen molar-refractivity contribution in [3.8, 4) is 11.8 Å². The van der Waals surface area contributed by atoms with Gasteiger partial charge in [-0.1, -0.05) is 17.9 Å². The summed E-state index contributed by atoms with van der Waals surface area (Å²) >= 11 is 0. The van der Waals surface area contributed by atoms with E-state index in [-0.39, 0.29) is 24.1 Å². The summed E-state index contributed by atoms with van der Waals surface area (Å²) in [5.41, 5.74) is 6.60. The molecule has 20 heavy (non-hydrogen) atoms. The Hall–Kier alpha value is -1.39. The Kier molecular flexibility index (Phi) is 6.17. The van der Waals surface area contributed by atoms with E-state index < -0.39 is 10.0 Å². The lowest BCUT2D eigenvalue weighted by molar-refractivity contribution is 0.122. The maximum absolute atomic E-state index is 12.3. The quantitative estimate of drug-likeness (QED) is 0.780. The lowest BCUT2D eigenvalue weighted by atomic mass is 10.1. The van der Waals surface area contributed by atoms with Crippen molar-refractivity contribution in [2.45, 2.75) is 24.8 Å². The highest BCUT2D eigenvalue weighted by molar-refractivity contribution is 7.89. The fourth-order valence-electron chi connectivity index (χ4n) is 1.51. The third kappa shape index (κ3) is 4.62. The molecule has 110 valence electrons. The molecule has 1 atom stereocenters. The van der Waals surface area contributed by atoms with Crippen LogP contribution >= 0.6 is 0 Å². The van der Waals surface area contributed by atoms with Crippen LogP contribution < -0.4 is 10.5 Å². The van der Waals surface area contributed by atoms with Crippen LogP contribution in [0.5, 0.6) is 0 Å². The summed E-state index contributed by atoms with van der Waals surface area (Å²) in [4.78, 5) is 0.227. The Morgan fingerprint density at radius 1 is 1.45 bits per heavy atom. The van der Waals surface area contributed by atoms with E-state index in [2.05, 4.69) is 16.6 Å². The van der Waals surface area contributed by atoms with Crippen LogP contribution in [0, 0.1) is 18.8 Å². The Labute approximate surface area is 120 Å². The fourth-order valence-corrected chi connectivity index (χ4v) is 2.89. The van der Waals surface area contributed by atoms with Crippen LogP contribution in [-0.4, -0.2) is 34.7 Å². The van der Waals surface area contributed by atoms with Crippen molar-refractivity contribution in [2.75, 3.05) is 20.2 Å². The maximum atomic E-state index is 12.3. The van der Waals surface area contributed by atoms with Gasteiger partial charge in [-0.2, -0.15) is 0 Å². The lowest BCUT2D eigenvalue weighted by Gasteiger charge is -2.13. The number of hydrogen-bond acceptors (Lipinski definition) is 4. The number of aryl methyl sites for hydroxylation is 1. The van der Waals surface area contributed by atoms with Gasteiger partial charge in [0.25, 0.3) is 0 Å². The predicted octanol–water partition coefficient (Wildman–Crippen LogP) is 0.618. The van der Waals surface area contributed by atoms with Crippen LogP contribution in [-0.2, 0) is 14.8 Å². The summed E-state index contributed by atoms with van der Waals surface area (Å²) in [5.74, 6) is 5.53. The lowest BCUT2D eigenvalue weighted by Crippen LogP contribution is -2.32. The Morgan fingerprint density at radius 3 is 2.75 bits per heavy atom. The first-order chi connectivity index (χ1) is 9.40. The molecular formula is C14H20N2O3S. The van der Waals surface area contributed by atoms with Crippen molar-refractivity contribution >= 4 is 10.0 Å². The third-order valence-electron chi connectivity index (χ3n) is 2.78. The van der Waals surface area contributed by atoms with Crippen LogP contribution in [0.4, 0.5) is 0 Å². The van der Waals surface area contributed by atoms with Crippen molar-refractivity contribution < 1.29 is 13.2 Å². The molecule has 0 saturated heterocycles. The first kappa shape index (κ1) is 16.7. The number of hydrogen-bond donors (Lipinski definition) is 2. The third-order valence-corrected chi connectivity index (χ3v) is 4.34. The van der Waals surface area contributed by atoms with E-state index >= 15 is 0 Å². The molecule has 6 heteroatoms. The fraction of sp³-hybridized carbons (Fsp3) is 0.429. The molecule has 0 radical (unpaired) electrons. The van der Waals surface area contributed by atoms with E-state index in [0.29, 0.717) is 11.1 Å². The normalized spacial score (nSPS) is 12.6.